The molecule has 1 amide bonds. The number of benzene rings is 1. The van der Waals surface area contributed by atoms with Crippen molar-refractivity contribution in [1.29, 1.82) is 0 Å². The summed E-state index contributed by atoms with van der Waals surface area (Å²) in [6, 6.07) is 9.84. The van der Waals surface area contributed by atoms with Crippen molar-refractivity contribution in [3.05, 3.63) is 63.9 Å². The lowest BCUT2D eigenvalue weighted by Crippen LogP contribution is -2.52. The molecule has 0 N–H and O–H groups in total. The van der Waals surface area contributed by atoms with Gasteiger partial charge in [-0.15, -0.1) is 11.3 Å². The summed E-state index contributed by atoms with van der Waals surface area (Å²) in [5, 5.41) is 0.525. The van der Waals surface area contributed by atoms with Gasteiger partial charge in [0, 0.05) is 6.54 Å². The summed E-state index contributed by atoms with van der Waals surface area (Å²) in [7, 11) is -3.87. The summed E-state index contributed by atoms with van der Waals surface area (Å²) in [5.41, 5.74) is 3.04. The van der Waals surface area contributed by atoms with Crippen LogP contribution >= 0.6 is 34.3 Å². The van der Waals surface area contributed by atoms with Gasteiger partial charge < -0.3 is 4.42 Å². The number of anilines is 1. The lowest BCUT2D eigenvalue weighted by molar-refractivity contribution is -0.123. The molecule has 35 heavy (non-hydrogen) atoms. The number of hydrogen-bond donors (Lipinski definition) is 0. The number of nitrogens with zero attached hydrogens (tertiary/aromatic N) is 3. The molecule has 5 rings (SSSR count). The molecule has 1 aliphatic heterocycles. The lowest BCUT2D eigenvalue weighted by Gasteiger charge is -2.35. The quantitative estimate of drug-likeness (QED) is 0.294. The molecule has 1 saturated heterocycles. The van der Waals surface area contributed by atoms with Gasteiger partial charge in [0.1, 0.15) is 16.0 Å². The third-order valence-electron chi connectivity index (χ3n) is 6.31. The monoisotopic (exact) mass is 549 g/mol. The summed E-state index contributed by atoms with van der Waals surface area (Å²) < 4.78 is 35.4. The maximum absolute atomic E-state index is 14.1. The molecule has 1 aliphatic rings. The minimum atomic E-state index is -3.87. The van der Waals surface area contributed by atoms with Crippen LogP contribution in [0.3, 0.4) is 0 Å². The van der Waals surface area contributed by atoms with Gasteiger partial charge in [-0.2, -0.15) is 4.31 Å². The van der Waals surface area contributed by atoms with Crippen molar-refractivity contribution >= 4 is 65.6 Å². The number of carbonyl (C=O) groups excluding carboxylic acids is 1. The van der Waals surface area contributed by atoms with Gasteiger partial charge in [-0.05, 0) is 68.1 Å². The smallest absolute Gasteiger partial charge is 0.253 e. The van der Waals surface area contributed by atoms with Crippen LogP contribution in [0.1, 0.15) is 36.1 Å². The highest BCUT2D eigenvalue weighted by Crippen LogP contribution is 2.36. The Morgan fingerprint density at radius 2 is 2.03 bits per heavy atom. The minimum Gasteiger partial charge on any atom is -0.467 e. The van der Waals surface area contributed by atoms with E-state index in [0.29, 0.717) is 28.1 Å². The predicted molar refractivity (Wildman–Crippen MR) is 140 cm³/mol. The fraction of sp³-hybridized carbons (Fsp3) is 0.333. The second kappa shape index (κ2) is 9.67. The first-order valence-corrected chi connectivity index (χ1v) is 14.7. The molecule has 1 aromatic carbocycles. The van der Waals surface area contributed by atoms with E-state index < -0.39 is 16.1 Å². The molecule has 3 aromatic heterocycles. The van der Waals surface area contributed by atoms with Gasteiger partial charge >= 0.3 is 0 Å². The van der Waals surface area contributed by atoms with Crippen LogP contribution in [0.25, 0.3) is 10.2 Å². The Balaban J connectivity index is 1.55. The van der Waals surface area contributed by atoms with Crippen LogP contribution in [-0.4, -0.2) is 36.2 Å². The van der Waals surface area contributed by atoms with E-state index in [2.05, 4.69) is 0 Å². The Labute approximate surface area is 217 Å². The summed E-state index contributed by atoms with van der Waals surface area (Å²) in [6.45, 7) is 4.49. The average Bonchev–Trinajstić information content (AvgIpc) is 3.61. The number of amides is 1. The summed E-state index contributed by atoms with van der Waals surface area (Å²) in [6.07, 6.45) is 3.46. The van der Waals surface area contributed by atoms with E-state index in [1.165, 1.54) is 21.7 Å². The maximum Gasteiger partial charge on any atom is 0.253 e. The third kappa shape index (κ3) is 4.65. The van der Waals surface area contributed by atoms with E-state index in [9.17, 15) is 13.2 Å². The first-order chi connectivity index (χ1) is 16.8. The molecule has 4 aromatic rings. The zero-order valence-electron chi connectivity index (χ0n) is 19.2. The van der Waals surface area contributed by atoms with E-state index in [1.807, 2.05) is 26.0 Å². The van der Waals surface area contributed by atoms with Crippen molar-refractivity contribution in [2.24, 2.45) is 0 Å². The van der Waals surface area contributed by atoms with Gasteiger partial charge in [0.25, 0.3) is 10.0 Å². The second-order valence-electron chi connectivity index (χ2n) is 8.54. The number of piperidine rings is 1. The van der Waals surface area contributed by atoms with E-state index >= 15 is 0 Å². The Morgan fingerprint density at radius 3 is 2.74 bits per heavy atom. The van der Waals surface area contributed by atoms with Crippen LogP contribution in [0.2, 0.25) is 4.34 Å². The number of rotatable bonds is 6. The molecule has 7 nitrogen and oxygen atoms in total. The molecule has 1 fully saturated rings. The Morgan fingerprint density at radius 1 is 1.20 bits per heavy atom. The fourth-order valence-corrected chi connectivity index (χ4v) is 8.59. The zero-order valence-corrected chi connectivity index (χ0v) is 22.4. The molecule has 0 spiro atoms. The maximum atomic E-state index is 14.1. The number of halogens is 1. The van der Waals surface area contributed by atoms with Crippen LogP contribution in [-0.2, 0) is 21.4 Å². The molecule has 0 bridgehead atoms. The standard InChI is InChI=1S/C24H24ClN3O4S3/c1-15-8-9-19-22(16(15)2)26-24(33-19)27(14-17-6-5-13-32-17)23(29)18-7-3-4-12-28(18)35(30,31)21-11-10-20(25)34-21/h5-6,8-11,13,18H,3-4,7,12,14H2,1-2H3. The molecule has 0 radical (unpaired) electrons. The summed E-state index contributed by atoms with van der Waals surface area (Å²) >= 11 is 8.44. The molecule has 0 aliphatic carbocycles. The molecule has 4 heterocycles. The summed E-state index contributed by atoms with van der Waals surface area (Å²) in [5.74, 6) is 0.293. The Bertz CT molecular complexity index is 1480. The third-order valence-corrected chi connectivity index (χ3v) is 11.0. The van der Waals surface area contributed by atoms with Crippen molar-refractivity contribution in [3.8, 4) is 0 Å². The number of aromatic nitrogens is 1. The SMILES string of the molecule is Cc1ccc2sc(N(Cc3ccco3)C(=O)C3CCCCN3S(=O)(=O)c3ccc(Cl)s3)nc2c1C. The number of carbonyl (C=O) groups is 1. The highest BCUT2D eigenvalue weighted by atomic mass is 35.5. The number of fused-ring (bicyclic) bond motifs is 1. The highest BCUT2D eigenvalue weighted by molar-refractivity contribution is 7.91. The minimum absolute atomic E-state index is 0.144. The lowest BCUT2D eigenvalue weighted by atomic mass is 10.0. The molecular weight excluding hydrogens is 526 g/mol. The van der Waals surface area contributed by atoms with E-state index in [1.54, 1.807) is 29.4 Å². The topological polar surface area (TPSA) is 83.7 Å². The zero-order chi connectivity index (χ0) is 24.7. The van der Waals surface area contributed by atoms with Crippen molar-refractivity contribution < 1.29 is 17.6 Å². The largest absolute Gasteiger partial charge is 0.467 e. The number of thiophene rings is 1. The van der Waals surface area contributed by atoms with Gasteiger partial charge in [0.2, 0.25) is 5.91 Å². The van der Waals surface area contributed by atoms with Gasteiger partial charge in [-0.3, -0.25) is 9.69 Å². The first kappa shape index (κ1) is 24.5. The van der Waals surface area contributed by atoms with Gasteiger partial charge in [-0.25, -0.2) is 13.4 Å². The number of hydrogen-bond acceptors (Lipinski definition) is 7. The number of sulfonamides is 1. The average molecular weight is 550 g/mol. The van der Waals surface area contributed by atoms with Gasteiger partial charge in [0.15, 0.2) is 5.13 Å². The first-order valence-electron chi connectivity index (χ1n) is 11.2. The Kier molecular flexibility index (Phi) is 6.75. The van der Waals surface area contributed by atoms with Crippen LogP contribution in [0.4, 0.5) is 5.13 Å². The normalized spacial score (nSPS) is 17.2. The molecule has 11 heteroatoms. The number of furan rings is 1. The van der Waals surface area contributed by atoms with E-state index in [4.69, 9.17) is 21.0 Å². The highest BCUT2D eigenvalue weighted by Gasteiger charge is 2.41. The van der Waals surface area contributed by atoms with Crippen molar-refractivity contribution in [3.63, 3.8) is 0 Å². The molecule has 1 atom stereocenters. The number of aryl methyl sites for hydroxylation is 2. The molecule has 0 saturated carbocycles. The van der Waals surface area contributed by atoms with Gasteiger partial charge in [0.05, 0.1) is 27.4 Å². The van der Waals surface area contributed by atoms with Crippen LogP contribution in [0.5, 0.6) is 0 Å². The van der Waals surface area contributed by atoms with Gasteiger partial charge in [-0.1, -0.05) is 35.4 Å². The fourth-order valence-electron chi connectivity index (χ4n) is 4.30. The van der Waals surface area contributed by atoms with Crippen LogP contribution < -0.4 is 4.90 Å². The van der Waals surface area contributed by atoms with Crippen molar-refractivity contribution in [1.82, 2.24) is 9.29 Å². The summed E-state index contributed by atoms with van der Waals surface area (Å²) in [4.78, 5) is 20.5. The molecule has 1 unspecified atom stereocenters. The van der Waals surface area contributed by atoms with Crippen LogP contribution in [0.15, 0.2) is 51.3 Å². The van der Waals surface area contributed by atoms with Crippen molar-refractivity contribution in [2.45, 2.75) is 49.9 Å². The molecule has 184 valence electrons. The van der Waals surface area contributed by atoms with E-state index in [0.717, 1.165) is 39.1 Å². The van der Waals surface area contributed by atoms with Crippen molar-refractivity contribution in [2.75, 3.05) is 11.4 Å². The Hall–Kier alpha value is -2.24. The number of thiazole rings is 1. The van der Waals surface area contributed by atoms with E-state index in [-0.39, 0.29) is 23.2 Å². The predicted octanol–water partition coefficient (Wildman–Crippen LogP) is 6.00. The van der Waals surface area contributed by atoms with Crippen LogP contribution in [0, 0.1) is 13.8 Å². The second-order valence-corrected chi connectivity index (χ2v) is 13.4. The molecular formula is C24H24ClN3O4S3.